The molecule has 0 atom stereocenters. The van der Waals surface area contributed by atoms with Gasteiger partial charge in [-0.3, -0.25) is 14.8 Å². The first kappa shape index (κ1) is 17.7. The van der Waals surface area contributed by atoms with Crippen LogP contribution < -0.4 is 5.32 Å². The zero-order valence-corrected chi connectivity index (χ0v) is 14.6. The Labute approximate surface area is 152 Å². The summed E-state index contributed by atoms with van der Waals surface area (Å²) >= 11 is 0. The van der Waals surface area contributed by atoms with Crippen LogP contribution in [0.1, 0.15) is 23.1 Å². The molecule has 0 aliphatic heterocycles. The summed E-state index contributed by atoms with van der Waals surface area (Å²) in [6, 6.07) is 12.6. The third kappa shape index (κ3) is 4.72. The third-order valence-electron chi connectivity index (χ3n) is 4.13. The van der Waals surface area contributed by atoms with E-state index < -0.39 is 0 Å². The van der Waals surface area contributed by atoms with Crippen LogP contribution in [0, 0.1) is 12.7 Å². The van der Waals surface area contributed by atoms with Gasteiger partial charge in [-0.1, -0.05) is 12.1 Å². The molecule has 0 fully saturated rings. The van der Waals surface area contributed by atoms with Gasteiger partial charge in [-0.05, 0) is 60.4 Å². The lowest BCUT2D eigenvalue weighted by Crippen LogP contribution is -2.23. The summed E-state index contributed by atoms with van der Waals surface area (Å²) in [4.78, 5) is 20.5. The van der Waals surface area contributed by atoms with E-state index in [-0.39, 0.29) is 11.7 Å². The van der Waals surface area contributed by atoms with Crippen molar-refractivity contribution in [3.63, 3.8) is 0 Å². The highest BCUT2D eigenvalue weighted by Crippen LogP contribution is 2.16. The Kier molecular flexibility index (Phi) is 5.69. The average molecular weight is 349 g/mol. The minimum absolute atomic E-state index is 0.0354. The van der Waals surface area contributed by atoms with Gasteiger partial charge in [0.05, 0.1) is 5.69 Å². The van der Waals surface area contributed by atoms with Crippen molar-refractivity contribution in [1.82, 2.24) is 15.3 Å². The number of carbonyl (C=O) groups excluding carboxylic acids is 1. The van der Waals surface area contributed by atoms with Gasteiger partial charge in [0.15, 0.2) is 0 Å². The minimum atomic E-state index is -0.222. The van der Waals surface area contributed by atoms with Gasteiger partial charge in [-0.2, -0.15) is 0 Å². The lowest BCUT2D eigenvalue weighted by Gasteiger charge is -2.08. The Balaban J connectivity index is 1.54. The summed E-state index contributed by atoms with van der Waals surface area (Å²) in [7, 11) is 0. The Morgan fingerprint density at radius 3 is 2.77 bits per heavy atom. The molecule has 132 valence electrons. The van der Waals surface area contributed by atoms with E-state index in [1.807, 2.05) is 24.3 Å². The van der Waals surface area contributed by atoms with Crippen molar-refractivity contribution in [2.75, 3.05) is 0 Å². The van der Waals surface area contributed by atoms with Gasteiger partial charge in [0.2, 0.25) is 5.91 Å². The number of amides is 1. The maximum atomic E-state index is 13.3. The Morgan fingerprint density at radius 1 is 1.12 bits per heavy atom. The molecule has 0 aliphatic rings. The van der Waals surface area contributed by atoms with E-state index >= 15 is 0 Å². The zero-order valence-electron chi connectivity index (χ0n) is 14.6. The SMILES string of the molecule is Cc1cc(CCC(=O)NCc2ccnc(-c3cccnc3)c2)ccc1F. The minimum Gasteiger partial charge on any atom is -0.352 e. The molecule has 0 aliphatic carbocycles. The number of carbonyl (C=O) groups is 1. The number of halogens is 1. The molecule has 26 heavy (non-hydrogen) atoms. The van der Waals surface area contributed by atoms with Crippen LogP contribution in [-0.4, -0.2) is 15.9 Å². The van der Waals surface area contributed by atoms with Crippen molar-refractivity contribution >= 4 is 5.91 Å². The molecule has 0 spiro atoms. The number of nitrogens with one attached hydrogen (secondary N) is 1. The molecule has 0 radical (unpaired) electrons. The van der Waals surface area contributed by atoms with Gasteiger partial charge < -0.3 is 5.32 Å². The summed E-state index contributed by atoms with van der Waals surface area (Å²) in [5.41, 5.74) is 4.30. The molecular weight excluding hydrogens is 329 g/mol. The lowest BCUT2D eigenvalue weighted by atomic mass is 10.1. The summed E-state index contributed by atoms with van der Waals surface area (Å²) in [5, 5.41) is 2.92. The zero-order chi connectivity index (χ0) is 18.4. The summed E-state index contributed by atoms with van der Waals surface area (Å²) in [6.45, 7) is 2.17. The Bertz CT molecular complexity index is 897. The maximum absolute atomic E-state index is 13.3. The van der Waals surface area contributed by atoms with E-state index in [1.54, 1.807) is 37.6 Å². The highest BCUT2D eigenvalue weighted by atomic mass is 19.1. The van der Waals surface area contributed by atoms with E-state index in [9.17, 15) is 9.18 Å². The number of hydrogen-bond acceptors (Lipinski definition) is 3. The van der Waals surface area contributed by atoms with Crippen LogP contribution in [0.15, 0.2) is 61.1 Å². The highest BCUT2D eigenvalue weighted by Gasteiger charge is 2.06. The number of nitrogens with zero attached hydrogens (tertiary/aromatic N) is 2. The van der Waals surface area contributed by atoms with Crippen molar-refractivity contribution in [2.45, 2.75) is 26.3 Å². The first-order valence-corrected chi connectivity index (χ1v) is 8.49. The average Bonchev–Trinajstić information content (AvgIpc) is 2.68. The molecule has 4 nitrogen and oxygen atoms in total. The van der Waals surface area contributed by atoms with Crippen LogP contribution in [-0.2, 0) is 17.8 Å². The molecule has 2 heterocycles. The molecule has 1 N–H and O–H groups in total. The fraction of sp³-hybridized carbons (Fsp3) is 0.190. The Morgan fingerprint density at radius 2 is 2.00 bits per heavy atom. The molecule has 1 amide bonds. The number of rotatable bonds is 6. The molecule has 3 aromatic rings. The van der Waals surface area contributed by atoms with Crippen molar-refractivity contribution in [3.8, 4) is 11.3 Å². The summed E-state index contributed by atoms with van der Waals surface area (Å²) < 4.78 is 13.3. The van der Waals surface area contributed by atoms with Crippen LogP contribution >= 0.6 is 0 Å². The maximum Gasteiger partial charge on any atom is 0.220 e. The van der Waals surface area contributed by atoms with Gasteiger partial charge >= 0.3 is 0 Å². The largest absolute Gasteiger partial charge is 0.352 e. The van der Waals surface area contributed by atoms with Crippen LogP contribution in [0.4, 0.5) is 4.39 Å². The number of aromatic nitrogens is 2. The van der Waals surface area contributed by atoms with Crippen LogP contribution in [0.25, 0.3) is 11.3 Å². The van der Waals surface area contributed by atoms with E-state index in [4.69, 9.17) is 0 Å². The van der Waals surface area contributed by atoms with Gasteiger partial charge in [0.1, 0.15) is 5.82 Å². The number of aryl methyl sites for hydroxylation is 2. The Hall–Kier alpha value is -3.08. The van der Waals surface area contributed by atoms with Gasteiger partial charge in [0.25, 0.3) is 0 Å². The quantitative estimate of drug-likeness (QED) is 0.736. The predicted octanol–water partition coefficient (Wildman–Crippen LogP) is 3.84. The summed E-state index contributed by atoms with van der Waals surface area (Å²) in [5.74, 6) is -0.257. The van der Waals surface area contributed by atoms with Gasteiger partial charge in [0, 0.05) is 37.1 Å². The van der Waals surface area contributed by atoms with E-state index in [1.165, 1.54) is 6.07 Å². The standard InChI is InChI=1S/C21H20FN3O/c1-15-11-16(4-6-19(15)22)5-7-21(26)25-13-17-8-10-24-20(12-17)18-3-2-9-23-14-18/h2-4,6,8-12,14H,5,7,13H2,1H3,(H,25,26). The smallest absolute Gasteiger partial charge is 0.220 e. The van der Waals surface area contributed by atoms with Crippen LogP contribution in [0.2, 0.25) is 0 Å². The molecule has 3 rings (SSSR count). The van der Waals surface area contributed by atoms with E-state index in [2.05, 4.69) is 15.3 Å². The van der Waals surface area contributed by atoms with Gasteiger partial charge in [-0.15, -0.1) is 0 Å². The first-order valence-electron chi connectivity index (χ1n) is 8.49. The molecule has 1 aromatic carbocycles. The fourth-order valence-electron chi connectivity index (χ4n) is 2.67. The summed E-state index contributed by atoms with van der Waals surface area (Å²) in [6.07, 6.45) is 6.16. The second kappa shape index (κ2) is 8.34. The van der Waals surface area contributed by atoms with E-state index in [0.717, 1.165) is 22.4 Å². The van der Waals surface area contributed by atoms with Crippen molar-refractivity contribution < 1.29 is 9.18 Å². The number of pyridine rings is 2. The number of benzene rings is 1. The highest BCUT2D eigenvalue weighted by molar-refractivity contribution is 5.76. The second-order valence-corrected chi connectivity index (χ2v) is 6.15. The van der Waals surface area contributed by atoms with Crippen molar-refractivity contribution in [1.29, 1.82) is 0 Å². The van der Waals surface area contributed by atoms with E-state index in [0.29, 0.717) is 24.9 Å². The topological polar surface area (TPSA) is 54.9 Å². The van der Waals surface area contributed by atoms with Crippen molar-refractivity contribution in [3.05, 3.63) is 83.6 Å². The van der Waals surface area contributed by atoms with Gasteiger partial charge in [-0.25, -0.2) is 4.39 Å². The first-order chi connectivity index (χ1) is 12.6. The normalized spacial score (nSPS) is 10.5. The second-order valence-electron chi connectivity index (χ2n) is 6.15. The predicted molar refractivity (Wildman–Crippen MR) is 98.8 cm³/mol. The van der Waals surface area contributed by atoms with Crippen LogP contribution in [0.3, 0.4) is 0 Å². The number of hydrogen-bond donors (Lipinski definition) is 1. The lowest BCUT2D eigenvalue weighted by molar-refractivity contribution is -0.121. The molecule has 5 heteroatoms. The molecule has 0 bridgehead atoms. The molecular formula is C21H20FN3O. The van der Waals surface area contributed by atoms with Crippen LogP contribution in [0.5, 0.6) is 0 Å². The third-order valence-corrected chi connectivity index (χ3v) is 4.13. The molecule has 0 unspecified atom stereocenters. The molecule has 0 saturated heterocycles. The molecule has 2 aromatic heterocycles. The monoisotopic (exact) mass is 349 g/mol. The van der Waals surface area contributed by atoms with Crippen molar-refractivity contribution in [2.24, 2.45) is 0 Å². The fourth-order valence-corrected chi connectivity index (χ4v) is 2.67. The molecule has 0 saturated carbocycles.